The fourth-order valence-electron chi connectivity index (χ4n) is 3.98. The van der Waals surface area contributed by atoms with Crippen LogP contribution >= 0.6 is 0 Å². The van der Waals surface area contributed by atoms with E-state index in [1.165, 1.54) is 44.2 Å². The van der Waals surface area contributed by atoms with Gasteiger partial charge in [-0.15, -0.1) is 0 Å². The molecule has 0 radical (unpaired) electrons. The second-order valence-electron chi connectivity index (χ2n) is 8.39. The molecule has 2 heteroatoms. The first-order valence-corrected chi connectivity index (χ1v) is 9.41. The Morgan fingerprint density at radius 1 is 1.27 bits per heavy atom. The zero-order chi connectivity index (χ0) is 16.8. The highest BCUT2D eigenvalue weighted by Gasteiger charge is 2.39. The molecule has 0 aromatic rings. The summed E-state index contributed by atoms with van der Waals surface area (Å²) in [7, 11) is 2.12. The average Bonchev–Trinajstić information content (AvgIpc) is 2.46. The number of allylic oxidation sites excluding steroid dienone is 1. The Kier molecular flexibility index (Phi) is 7.96. The molecule has 2 nitrogen and oxygen atoms in total. The van der Waals surface area contributed by atoms with Gasteiger partial charge in [-0.1, -0.05) is 54.0 Å². The first-order valence-electron chi connectivity index (χ1n) is 9.41. The van der Waals surface area contributed by atoms with Crippen LogP contribution in [0, 0.1) is 17.3 Å². The lowest BCUT2D eigenvalue weighted by Crippen LogP contribution is -2.49. The topological polar surface area (TPSA) is 24.1 Å². The largest absolute Gasteiger partial charge is 0.386 e. The molecule has 0 amide bonds. The van der Waals surface area contributed by atoms with E-state index in [0.29, 0.717) is 17.5 Å². The smallest absolute Gasteiger partial charge is 0.0292 e. The molecule has 1 saturated carbocycles. The van der Waals surface area contributed by atoms with E-state index in [1.54, 1.807) is 0 Å². The summed E-state index contributed by atoms with van der Waals surface area (Å²) in [5, 5.41) is 7.26. The normalized spacial score (nSPS) is 26.2. The first kappa shape index (κ1) is 19.5. The van der Waals surface area contributed by atoms with Crippen molar-refractivity contribution in [3.63, 3.8) is 0 Å². The van der Waals surface area contributed by atoms with Gasteiger partial charge in [-0.25, -0.2) is 0 Å². The molecule has 1 rings (SSSR count). The van der Waals surface area contributed by atoms with Crippen molar-refractivity contribution in [3.8, 4) is 0 Å². The van der Waals surface area contributed by atoms with Gasteiger partial charge in [-0.3, -0.25) is 0 Å². The van der Waals surface area contributed by atoms with E-state index in [0.717, 1.165) is 18.3 Å². The zero-order valence-electron chi connectivity index (χ0n) is 16.0. The van der Waals surface area contributed by atoms with Gasteiger partial charge in [-0.05, 0) is 56.4 Å². The third-order valence-electron chi connectivity index (χ3n) is 5.68. The molecular weight excluding hydrogens is 268 g/mol. The summed E-state index contributed by atoms with van der Waals surface area (Å²) in [5.41, 5.74) is 1.60. The molecule has 0 heterocycles. The van der Waals surface area contributed by atoms with Crippen LogP contribution in [-0.2, 0) is 0 Å². The molecule has 0 spiro atoms. The summed E-state index contributed by atoms with van der Waals surface area (Å²) < 4.78 is 0. The molecule has 1 fully saturated rings. The molecule has 1 aliphatic carbocycles. The van der Waals surface area contributed by atoms with Gasteiger partial charge in [0, 0.05) is 17.8 Å². The third kappa shape index (κ3) is 5.95. The van der Waals surface area contributed by atoms with Crippen LogP contribution in [-0.4, -0.2) is 19.1 Å². The van der Waals surface area contributed by atoms with E-state index in [-0.39, 0.29) is 0 Å². The van der Waals surface area contributed by atoms with Crippen LogP contribution in [0.2, 0.25) is 0 Å². The molecule has 0 aromatic carbocycles. The van der Waals surface area contributed by atoms with E-state index < -0.39 is 0 Å². The molecule has 130 valence electrons. The Bertz CT molecular complexity index is 333. The molecule has 3 atom stereocenters. The predicted molar refractivity (Wildman–Crippen MR) is 99.0 cm³/mol. The molecule has 3 unspecified atom stereocenters. The molecule has 0 aromatic heterocycles. The lowest BCUT2D eigenvalue weighted by molar-refractivity contribution is 0.0909. The Hall–Kier alpha value is -0.500. The fraction of sp³-hybridized carbons (Fsp3) is 0.900. The SMILES string of the molecule is C=C(CC)NC1CCC(NC)CC1C(C)(C)CCCC(C)C. The molecule has 1 aliphatic rings. The van der Waals surface area contributed by atoms with Gasteiger partial charge < -0.3 is 10.6 Å². The summed E-state index contributed by atoms with van der Waals surface area (Å²) >= 11 is 0. The maximum atomic E-state index is 4.18. The van der Waals surface area contributed by atoms with E-state index >= 15 is 0 Å². The highest BCUT2D eigenvalue weighted by Crippen LogP contribution is 2.42. The minimum Gasteiger partial charge on any atom is -0.386 e. The van der Waals surface area contributed by atoms with Crippen molar-refractivity contribution in [1.82, 2.24) is 10.6 Å². The van der Waals surface area contributed by atoms with Crippen LogP contribution in [0.1, 0.15) is 79.6 Å². The summed E-state index contributed by atoms with van der Waals surface area (Å²) in [6.07, 6.45) is 8.92. The van der Waals surface area contributed by atoms with Crippen LogP contribution in [0.5, 0.6) is 0 Å². The standard InChI is InChI=1S/C20H40N2/c1-8-16(4)22-19-12-11-17(21-7)14-18(19)20(5,6)13-9-10-15(2)3/h15,17-19,21-22H,4,8-14H2,1-3,5-7H3. The van der Waals surface area contributed by atoms with Gasteiger partial charge in [0.25, 0.3) is 0 Å². The molecule has 0 saturated heterocycles. The van der Waals surface area contributed by atoms with Crippen molar-refractivity contribution in [3.05, 3.63) is 12.3 Å². The second kappa shape index (κ2) is 8.96. The third-order valence-corrected chi connectivity index (χ3v) is 5.68. The van der Waals surface area contributed by atoms with E-state index in [1.807, 2.05) is 0 Å². The molecular formula is C20H40N2. The predicted octanol–water partition coefficient (Wildman–Crippen LogP) is 5.11. The van der Waals surface area contributed by atoms with Gasteiger partial charge >= 0.3 is 0 Å². The maximum absolute atomic E-state index is 4.18. The van der Waals surface area contributed by atoms with Crippen molar-refractivity contribution in [2.45, 2.75) is 91.6 Å². The Morgan fingerprint density at radius 3 is 2.50 bits per heavy atom. The fourth-order valence-corrected chi connectivity index (χ4v) is 3.98. The van der Waals surface area contributed by atoms with Gasteiger partial charge in [0.05, 0.1) is 0 Å². The van der Waals surface area contributed by atoms with Crippen molar-refractivity contribution in [1.29, 1.82) is 0 Å². The van der Waals surface area contributed by atoms with E-state index in [4.69, 9.17) is 0 Å². The summed E-state index contributed by atoms with van der Waals surface area (Å²) in [4.78, 5) is 0. The quantitative estimate of drug-likeness (QED) is 0.618. The van der Waals surface area contributed by atoms with Crippen molar-refractivity contribution < 1.29 is 0 Å². The summed E-state index contributed by atoms with van der Waals surface area (Å²) in [6, 6.07) is 1.29. The first-order chi connectivity index (χ1) is 10.3. The van der Waals surface area contributed by atoms with Gasteiger partial charge in [0.2, 0.25) is 0 Å². The van der Waals surface area contributed by atoms with Gasteiger partial charge in [0.15, 0.2) is 0 Å². The zero-order valence-corrected chi connectivity index (χ0v) is 16.0. The van der Waals surface area contributed by atoms with Crippen molar-refractivity contribution >= 4 is 0 Å². The average molecular weight is 309 g/mol. The highest BCUT2D eigenvalue weighted by molar-refractivity contribution is 5.00. The number of hydrogen-bond acceptors (Lipinski definition) is 2. The van der Waals surface area contributed by atoms with E-state index in [9.17, 15) is 0 Å². The van der Waals surface area contributed by atoms with Crippen molar-refractivity contribution in [2.75, 3.05) is 7.05 Å². The second-order valence-corrected chi connectivity index (χ2v) is 8.39. The van der Waals surface area contributed by atoms with Crippen LogP contribution in [0.4, 0.5) is 0 Å². The van der Waals surface area contributed by atoms with Crippen molar-refractivity contribution in [2.24, 2.45) is 17.3 Å². The number of nitrogens with one attached hydrogen (secondary N) is 2. The minimum absolute atomic E-state index is 0.399. The number of rotatable bonds is 9. The lowest BCUT2D eigenvalue weighted by Gasteiger charge is -2.46. The van der Waals surface area contributed by atoms with Crippen LogP contribution in [0.25, 0.3) is 0 Å². The lowest BCUT2D eigenvalue weighted by atomic mass is 9.65. The highest BCUT2D eigenvalue weighted by atomic mass is 15.0. The molecule has 22 heavy (non-hydrogen) atoms. The summed E-state index contributed by atoms with van der Waals surface area (Å²) in [6.45, 7) is 16.0. The molecule has 0 bridgehead atoms. The molecule has 2 N–H and O–H groups in total. The Balaban J connectivity index is 2.73. The van der Waals surface area contributed by atoms with Gasteiger partial charge in [-0.2, -0.15) is 0 Å². The summed E-state index contributed by atoms with van der Waals surface area (Å²) in [5.74, 6) is 1.55. The monoisotopic (exact) mass is 308 g/mol. The Morgan fingerprint density at radius 2 is 1.95 bits per heavy atom. The minimum atomic E-state index is 0.399. The number of hydrogen-bond donors (Lipinski definition) is 2. The van der Waals surface area contributed by atoms with Crippen LogP contribution in [0.15, 0.2) is 12.3 Å². The van der Waals surface area contributed by atoms with Gasteiger partial charge in [0.1, 0.15) is 0 Å². The Labute approximate surface area is 139 Å². The molecule has 0 aliphatic heterocycles. The van der Waals surface area contributed by atoms with Crippen LogP contribution in [0.3, 0.4) is 0 Å². The maximum Gasteiger partial charge on any atom is 0.0292 e. The van der Waals surface area contributed by atoms with E-state index in [2.05, 4.69) is 58.9 Å². The van der Waals surface area contributed by atoms with Crippen LogP contribution < -0.4 is 10.6 Å².